The van der Waals surface area contributed by atoms with Gasteiger partial charge in [0, 0.05) is 5.02 Å². The number of hydrogen-bond donors (Lipinski definition) is 1. The van der Waals surface area contributed by atoms with Crippen molar-refractivity contribution in [2.24, 2.45) is 0 Å². The number of halogens is 4. The van der Waals surface area contributed by atoms with E-state index in [0.717, 1.165) is 5.32 Å². The van der Waals surface area contributed by atoms with Gasteiger partial charge in [-0.1, -0.05) is 11.6 Å². The molecule has 0 aliphatic carbocycles. The number of carbonyl (C=O) groups is 2. The first-order valence-corrected chi connectivity index (χ1v) is 4.52. The molecule has 1 aromatic rings. The van der Waals surface area contributed by atoms with Crippen molar-refractivity contribution >= 4 is 23.6 Å². The normalized spacial score (nSPS) is 10.8. The number of hydrogen-bond acceptors (Lipinski definition) is 3. The van der Waals surface area contributed by atoms with Gasteiger partial charge in [0.25, 0.3) is 0 Å². The van der Waals surface area contributed by atoms with Crippen LogP contribution in [-0.2, 0) is 4.79 Å². The van der Waals surface area contributed by atoms with Gasteiger partial charge in [0.15, 0.2) is 0 Å². The average molecular weight is 268 g/mol. The van der Waals surface area contributed by atoms with Crippen molar-refractivity contribution in [1.82, 2.24) is 5.32 Å². The van der Waals surface area contributed by atoms with E-state index in [0.29, 0.717) is 5.02 Å². The maximum Gasteiger partial charge on any atom is 0.471 e. The SMILES string of the molecule is O=C(NC(=O)C(F)(F)F)Oc1ccc(Cl)cc1. The number of amides is 2. The van der Waals surface area contributed by atoms with Crippen molar-refractivity contribution < 1.29 is 27.5 Å². The molecule has 0 saturated heterocycles. The number of nitrogens with one attached hydrogen (secondary N) is 1. The Morgan fingerprint density at radius 3 is 2.18 bits per heavy atom. The van der Waals surface area contributed by atoms with Crippen LogP contribution in [0.15, 0.2) is 24.3 Å². The topological polar surface area (TPSA) is 55.4 Å². The van der Waals surface area contributed by atoms with Crippen LogP contribution < -0.4 is 10.1 Å². The maximum atomic E-state index is 11.8. The summed E-state index contributed by atoms with van der Waals surface area (Å²) in [5.74, 6) is -2.43. The van der Waals surface area contributed by atoms with Gasteiger partial charge in [0.2, 0.25) is 0 Å². The molecule has 17 heavy (non-hydrogen) atoms. The molecule has 1 aromatic carbocycles. The molecule has 0 saturated carbocycles. The molecule has 0 fully saturated rings. The fourth-order valence-electron chi connectivity index (χ4n) is 0.799. The van der Waals surface area contributed by atoms with Crippen LogP contribution >= 0.6 is 11.6 Å². The third kappa shape index (κ3) is 4.31. The van der Waals surface area contributed by atoms with E-state index in [9.17, 15) is 22.8 Å². The maximum absolute atomic E-state index is 11.8. The molecule has 0 aliphatic heterocycles. The molecule has 4 nitrogen and oxygen atoms in total. The second-order valence-corrected chi connectivity index (χ2v) is 3.23. The van der Waals surface area contributed by atoms with E-state index in [4.69, 9.17) is 11.6 Å². The molecule has 92 valence electrons. The Hall–Kier alpha value is -1.76. The van der Waals surface area contributed by atoms with Gasteiger partial charge in [-0.2, -0.15) is 13.2 Å². The number of benzene rings is 1. The zero-order valence-corrected chi connectivity index (χ0v) is 8.80. The Bertz CT molecular complexity index is 430. The summed E-state index contributed by atoms with van der Waals surface area (Å²) in [4.78, 5) is 21.2. The predicted molar refractivity (Wildman–Crippen MR) is 51.7 cm³/mol. The van der Waals surface area contributed by atoms with Crippen molar-refractivity contribution in [2.45, 2.75) is 6.18 Å². The van der Waals surface area contributed by atoms with Crippen molar-refractivity contribution in [3.8, 4) is 5.75 Å². The highest BCUT2D eigenvalue weighted by atomic mass is 35.5. The minimum atomic E-state index is -5.14. The third-order valence-corrected chi connectivity index (χ3v) is 1.75. The number of alkyl halides is 3. The predicted octanol–water partition coefficient (Wildman–Crippen LogP) is 2.52. The van der Waals surface area contributed by atoms with E-state index in [2.05, 4.69) is 4.74 Å². The van der Waals surface area contributed by atoms with Gasteiger partial charge in [-0.25, -0.2) is 4.79 Å². The van der Waals surface area contributed by atoms with Crippen molar-refractivity contribution in [2.75, 3.05) is 0 Å². The molecule has 0 bridgehead atoms. The van der Waals surface area contributed by atoms with E-state index in [1.165, 1.54) is 24.3 Å². The first-order chi connectivity index (χ1) is 7.79. The largest absolute Gasteiger partial charge is 0.471 e. The summed E-state index contributed by atoms with van der Waals surface area (Å²) in [6.07, 6.45) is -6.66. The number of carbonyl (C=O) groups excluding carboxylic acids is 2. The molecular weight excluding hydrogens is 263 g/mol. The summed E-state index contributed by atoms with van der Waals surface area (Å²) in [7, 11) is 0. The van der Waals surface area contributed by atoms with E-state index in [1.807, 2.05) is 0 Å². The molecule has 8 heteroatoms. The van der Waals surface area contributed by atoms with Gasteiger partial charge in [0.05, 0.1) is 0 Å². The zero-order valence-electron chi connectivity index (χ0n) is 8.05. The monoisotopic (exact) mass is 267 g/mol. The van der Waals surface area contributed by atoms with Gasteiger partial charge in [-0.3, -0.25) is 10.1 Å². The highest BCUT2D eigenvalue weighted by Crippen LogP contribution is 2.16. The minimum Gasteiger partial charge on any atom is -0.410 e. The molecular formula is C9H5ClF3NO3. The van der Waals surface area contributed by atoms with Crippen LogP contribution in [0, 0.1) is 0 Å². The van der Waals surface area contributed by atoms with Crippen molar-refractivity contribution in [1.29, 1.82) is 0 Å². The quantitative estimate of drug-likeness (QED) is 0.850. The minimum absolute atomic E-state index is 0.0399. The number of rotatable bonds is 1. The number of imide groups is 1. The lowest BCUT2D eigenvalue weighted by Crippen LogP contribution is -2.41. The second kappa shape index (κ2) is 5.05. The molecule has 0 atom stereocenters. The second-order valence-electron chi connectivity index (χ2n) is 2.80. The highest BCUT2D eigenvalue weighted by Gasteiger charge is 2.40. The Morgan fingerprint density at radius 2 is 1.71 bits per heavy atom. The standard InChI is InChI=1S/C9H5ClF3NO3/c10-5-1-3-6(4-2-5)17-8(16)14-7(15)9(11,12)13/h1-4H,(H,14,15,16). The molecule has 0 unspecified atom stereocenters. The van der Waals surface area contributed by atoms with Gasteiger partial charge in [-0.05, 0) is 24.3 Å². The lowest BCUT2D eigenvalue weighted by atomic mass is 10.3. The Kier molecular flexibility index (Phi) is 3.95. The zero-order chi connectivity index (χ0) is 13.1. The number of ether oxygens (including phenoxy) is 1. The van der Waals surface area contributed by atoms with Gasteiger partial charge in [-0.15, -0.1) is 0 Å². The summed E-state index contributed by atoms with van der Waals surface area (Å²) in [5.41, 5.74) is 0. The summed E-state index contributed by atoms with van der Waals surface area (Å²) in [6.45, 7) is 0. The summed E-state index contributed by atoms with van der Waals surface area (Å²) < 4.78 is 39.7. The Labute approximate surface area is 98.3 Å². The van der Waals surface area contributed by atoms with E-state index >= 15 is 0 Å². The van der Waals surface area contributed by atoms with Gasteiger partial charge in [0.1, 0.15) is 5.75 Å². The van der Waals surface area contributed by atoms with Gasteiger partial charge >= 0.3 is 18.2 Å². The first kappa shape index (κ1) is 13.3. The highest BCUT2D eigenvalue weighted by molar-refractivity contribution is 6.30. The van der Waals surface area contributed by atoms with Crippen LogP contribution in [0.5, 0.6) is 5.75 Å². The van der Waals surface area contributed by atoms with Crippen LogP contribution in [0.25, 0.3) is 0 Å². The van der Waals surface area contributed by atoms with Crippen LogP contribution in [0.3, 0.4) is 0 Å². The fraction of sp³-hybridized carbons (Fsp3) is 0.111. The smallest absolute Gasteiger partial charge is 0.410 e. The van der Waals surface area contributed by atoms with Crippen LogP contribution in [0.4, 0.5) is 18.0 Å². The lowest BCUT2D eigenvalue weighted by Gasteiger charge is -2.07. The van der Waals surface area contributed by atoms with Crippen LogP contribution in [0.2, 0.25) is 5.02 Å². The average Bonchev–Trinajstić information content (AvgIpc) is 2.20. The van der Waals surface area contributed by atoms with Crippen LogP contribution in [-0.4, -0.2) is 18.2 Å². The molecule has 0 radical (unpaired) electrons. The molecule has 0 aromatic heterocycles. The van der Waals surface area contributed by atoms with Crippen molar-refractivity contribution in [3.63, 3.8) is 0 Å². The van der Waals surface area contributed by atoms with Gasteiger partial charge < -0.3 is 4.74 Å². The Balaban J connectivity index is 2.56. The van der Waals surface area contributed by atoms with E-state index < -0.39 is 18.2 Å². The summed E-state index contributed by atoms with van der Waals surface area (Å²) in [6, 6.07) is 5.27. The fourth-order valence-corrected chi connectivity index (χ4v) is 0.925. The summed E-state index contributed by atoms with van der Waals surface area (Å²) in [5, 5.41) is 1.39. The molecule has 1 rings (SSSR count). The molecule has 1 N–H and O–H groups in total. The summed E-state index contributed by atoms with van der Waals surface area (Å²) >= 11 is 5.53. The lowest BCUT2D eigenvalue weighted by molar-refractivity contribution is -0.172. The van der Waals surface area contributed by atoms with E-state index in [1.54, 1.807) is 0 Å². The van der Waals surface area contributed by atoms with E-state index in [-0.39, 0.29) is 5.75 Å². The molecule has 0 aliphatic rings. The third-order valence-electron chi connectivity index (χ3n) is 1.50. The van der Waals surface area contributed by atoms with Crippen molar-refractivity contribution in [3.05, 3.63) is 29.3 Å². The Morgan fingerprint density at radius 1 is 1.18 bits per heavy atom. The molecule has 0 heterocycles. The first-order valence-electron chi connectivity index (χ1n) is 4.14. The molecule has 0 spiro atoms. The molecule has 2 amide bonds. The van der Waals surface area contributed by atoms with Crippen LogP contribution in [0.1, 0.15) is 0 Å².